The zero-order valence-corrected chi connectivity index (χ0v) is 19.9. The predicted octanol–water partition coefficient (Wildman–Crippen LogP) is 4.35. The number of sulfonamides is 1. The van der Waals surface area contributed by atoms with Crippen molar-refractivity contribution < 1.29 is 13.2 Å². The Labute approximate surface area is 199 Å². The highest BCUT2D eigenvalue weighted by atomic mass is 35.5. The highest BCUT2D eigenvalue weighted by Crippen LogP contribution is 2.32. The van der Waals surface area contributed by atoms with Crippen molar-refractivity contribution in [3.63, 3.8) is 0 Å². The molecule has 0 saturated heterocycles. The van der Waals surface area contributed by atoms with Crippen LogP contribution in [0.1, 0.15) is 22.3 Å². The summed E-state index contributed by atoms with van der Waals surface area (Å²) in [5.74, 6) is -0.405. The number of likely N-dealkylation sites (N-methyl/N-ethyl adjacent to an activating group) is 1. The third-order valence-electron chi connectivity index (χ3n) is 5.77. The molecule has 1 heterocycles. The number of benzene rings is 3. The van der Waals surface area contributed by atoms with Crippen molar-refractivity contribution in [2.24, 2.45) is 0 Å². The van der Waals surface area contributed by atoms with Gasteiger partial charge in [0, 0.05) is 32.4 Å². The van der Waals surface area contributed by atoms with Gasteiger partial charge in [0.05, 0.1) is 21.2 Å². The number of nitrogens with zero attached hydrogens (tertiary/aromatic N) is 2. The van der Waals surface area contributed by atoms with Crippen LogP contribution in [0.15, 0.2) is 77.7 Å². The number of halogens is 1. The van der Waals surface area contributed by atoms with Crippen molar-refractivity contribution in [3.8, 4) is 0 Å². The molecule has 0 fully saturated rings. The molecule has 0 radical (unpaired) electrons. The van der Waals surface area contributed by atoms with Crippen molar-refractivity contribution in [3.05, 3.63) is 88.9 Å². The summed E-state index contributed by atoms with van der Waals surface area (Å²) >= 11 is 6.27. The molecule has 3 aromatic carbocycles. The summed E-state index contributed by atoms with van der Waals surface area (Å²) in [6.45, 7) is 1.38. The number of rotatable bonds is 7. The summed E-state index contributed by atoms with van der Waals surface area (Å²) in [6.07, 6.45) is 1.58. The lowest BCUT2D eigenvalue weighted by Crippen LogP contribution is -2.36. The molecule has 0 spiro atoms. The van der Waals surface area contributed by atoms with Crippen LogP contribution in [0.3, 0.4) is 0 Å². The van der Waals surface area contributed by atoms with E-state index < -0.39 is 15.9 Å². The molecule has 4 rings (SSSR count). The van der Waals surface area contributed by atoms with E-state index in [0.29, 0.717) is 25.3 Å². The Morgan fingerprint density at radius 3 is 2.58 bits per heavy atom. The molecule has 0 saturated carbocycles. The lowest BCUT2D eigenvalue weighted by Gasteiger charge is -2.30. The smallest absolute Gasteiger partial charge is 0.264 e. The average Bonchev–Trinajstić information content (AvgIpc) is 2.84. The molecule has 0 atom stereocenters. The van der Waals surface area contributed by atoms with E-state index in [0.717, 1.165) is 24.1 Å². The number of para-hydroxylation sites is 2. The maximum Gasteiger partial charge on any atom is 0.264 e. The van der Waals surface area contributed by atoms with E-state index in [1.54, 1.807) is 0 Å². The Balaban J connectivity index is 1.50. The summed E-state index contributed by atoms with van der Waals surface area (Å²) in [5, 5.41) is 3.05. The largest absolute Gasteiger partial charge is 0.373 e. The molecule has 6 nitrogen and oxygen atoms in total. The second-order valence-corrected chi connectivity index (χ2v) is 10.2. The standard InChI is InChI=1S/C25H26ClN3O3S/c1-28(20-10-3-2-4-11-20)17-15-27-25(30)22-18-21(13-14-23(22)26)33(31,32)29-16-7-9-19-8-5-6-12-24(19)29/h2-6,8,10-14,18H,7,9,15-17H2,1H3,(H,27,30). The van der Waals surface area contributed by atoms with Crippen molar-refractivity contribution in [2.75, 3.05) is 35.9 Å². The number of nitrogens with one attached hydrogen (secondary N) is 1. The van der Waals surface area contributed by atoms with Crippen LogP contribution in [0.5, 0.6) is 0 Å². The SMILES string of the molecule is CN(CCNC(=O)c1cc(S(=O)(=O)N2CCCc3ccccc32)ccc1Cl)c1ccccc1. The van der Waals surface area contributed by atoms with Crippen LogP contribution >= 0.6 is 11.6 Å². The number of carbonyl (C=O) groups is 1. The van der Waals surface area contributed by atoms with E-state index >= 15 is 0 Å². The molecular weight excluding hydrogens is 458 g/mol. The van der Waals surface area contributed by atoms with E-state index in [4.69, 9.17) is 11.6 Å². The molecule has 1 aliphatic rings. The molecule has 8 heteroatoms. The van der Waals surface area contributed by atoms with Gasteiger partial charge in [0.1, 0.15) is 0 Å². The second kappa shape index (κ2) is 9.85. The number of amides is 1. The number of hydrogen-bond donors (Lipinski definition) is 1. The van der Waals surface area contributed by atoms with Gasteiger partial charge in [0.25, 0.3) is 15.9 Å². The molecule has 1 amide bonds. The molecule has 3 aromatic rings. The maximum absolute atomic E-state index is 13.4. The van der Waals surface area contributed by atoms with E-state index in [1.165, 1.54) is 22.5 Å². The Kier molecular flexibility index (Phi) is 6.91. The molecule has 0 bridgehead atoms. The van der Waals surface area contributed by atoms with Crippen LogP contribution in [0.25, 0.3) is 0 Å². The molecule has 0 aromatic heterocycles. The Morgan fingerprint density at radius 1 is 1.06 bits per heavy atom. The minimum atomic E-state index is -3.83. The van der Waals surface area contributed by atoms with E-state index in [2.05, 4.69) is 5.32 Å². The molecular formula is C25H26ClN3O3S. The summed E-state index contributed by atoms with van der Waals surface area (Å²) in [7, 11) is -1.89. The van der Waals surface area contributed by atoms with Gasteiger partial charge in [-0.05, 0) is 54.8 Å². The van der Waals surface area contributed by atoms with Gasteiger partial charge in [0.2, 0.25) is 0 Å². The monoisotopic (exact) mass is 483 g/mol. The fraction of sp³-hybridized carbons (Fsp3) is 0.240. The third-order valence-corrected chi connectivity index (χ3v) is 7.91. The van der Waals surface area contributed by atoms with Crippen LogP contribution in [0, 0.1) is 0 Å². The average molecular weight is 484 g/mol. The van der Waals surface area contributed by atoms with Crippen LogP contribution in [0.2, 0.25) is 5.02 Å². The number of aryl methyl sites for hydroxylation is 1. The lowest BCUT2D eigenvalue weighted by atomic mass is 10.0. The molecule has 172 valence electrons. The number of anilines is 2. The van der Waals surface area contributed by atoms with Gasteiger partial charge in [-0.1, -0.05) is 48.0 Å². The molecule has 0 unspecified atom stereocenters. The highest BCUT2D eigenvalue weighted by Gasteiger charge is 2.29. The lowest BCUT2D eigenvalue weighted by molar-refractivity contribution is 0.0954. The van der Waals surface area contributed by atoms with E-state index in [1.807, 2.05) is 66.5 Å². The summed E-state index contributed by atoms with van der Waals surface area (Å²) in [6, 6.07) is 21.6. The first-order valence-corrected chi connectivity index (χ1v) is 12.6. The van der Waals surface area contributed by atoms with Crippen molar-refractivity contribution in [2.45, 2.75) is 17.7 Å². The van der Waals surface area contributed by atoms with Crippen LogP contribution in [0.4, 0.5) is 11.4 Å². The fourth-order valence-electron chi connectivity index (χ4n) is 3.96. The molecule has 33 heavy (non-hydrogen) atoms. The molecule has 1 aliphatic heterocycles. The molecule has 1 N–H and O–H groups in total. The van der Waals surface area contributed by atoms with Gasteiger partial charge in [-0.3, -0.25) is 9.10 Å². The maximum atomic E-state index is 13.4. The van der Waals surface area contributed by atoms with Crippen molar-refractivity contribution >= 4 is 38.9 Å². The Hall–Kier alpha value is -3.03. The highest BCUT2D eigenvalue weighted by molar-refractivity contribution is 7.92. The third kappa shape index (κ3) is 4.99. The minimum Gasteiger partial charge on any atom is -0.373 e. The van der Waals surface area contributed by atoms with Gasteiger partial charge in [-0.15, -0.1) is 0 Å². The van der Waals surface area contributed by atoms with E-state index in [-0.39, 0.29) is 15.5 Å². The zero-order chi connectivity index (χ0) is 23.4. The Morgan fingerprint density at radius 2 is 1.79 bits per heavy atom. The summed E-state index contributed by atoms with van der Waals surface area (Å²) < 4.78 is 28.3. The van der Waals surface area contributed by atoms with Gasteiger partial charge >= 0.3 is 0 Å². The first-order chi connectivity index (χ1) is 15.9. The van der Waals surface area contributed by atoms with Gasteiger partial charge in [-0.2, -0.15) is 0 Å². The number of hydrogen-bond acceptors (Lipinski definition) is 4. The summed E-state index contributed by atoms with van der Waals surface area (Å²) in [5.41, 5.74) is 2.88. The van der Waals surface area contributed by atoms with Gasteiger partial charge in [0.15, 0.2) is 0 Å². The van der Waals surface area contributed by atoms with Gasteiger partial charge < -0.3 is 10.2 Å². The van der Waals surface area contributed by atoms with E-state index in [9.17, 15) is 13.2 Å². The second-order valence-electron chi connectivity index (χ2n) is 7.96. The minimum absolute atomic E-state index is 0.0511. The first-order valence-electron chi connectivity index (χ1n) is 10.8. The van der Waals surface area contributed by atoms with Crippen molar-refractivity contribution in [1.29, 1.82) is 0 Å². The predicted molar refractivity (Wildman–Crippen MR) is 133 cm³/mol. The zero-order valence-electron chi connectivity index (χ0n) is 18.4. The fourth-order valence-corrected chi connectivity index (χ4v) is 5.73. The van der Waals surface area contributed by atoms with Crippen LogP contribution < -0.4 is 14.5 Å². The quantitative estimate of drug-likeness (QED) is 0.542. The van der Waals surface area contributed by atoms with Gasteiger partial charge in [-0.25, -0.2) is 8.42 Å². The molecule has 0 aliphatic carbocycles. The van der Waals surface area contributed by atoms with Crippen LogP contribution in [-0.4, -0.2) is 41.0 Å². The summed E-state index contributed by atoms with van der Waals surface area (Å²) in [4.78, 5) is 14.9. The van der Waals surface area contributed by atoms with Crippen LogP contribution in [-0.2, 0) is 16.4 Å². The Bertz CT molecular complexity index is 1250. The first kappa shape index (κ1) is 23.1. The normalized spacial score (nSPS) is 13.3. The number of carbonyl (C=O) groups excluding carboxylic acids is 1. The van der Waals surface area contributed by atoms with Crippen molar-refractivity contribution in [1.82, 2.24) is 5.32 Å². The topological polar surface area (TPSA) is 69.7 Å². The number of fused-ring (bicyclic) bond motifs is 1.